The Balaban J connectivity index is 1.55. The molecule has 0 radical (unpaired) electrons. The van der Waals surface area contributed by atoms with E-state index in [1.165, 1.54) is 16.3 Å². The van der Waals surface area contributed by atoms with Gasteiger partial charge in [0.05, 0.1) is 27.6 Å². The molecule has 3 heterocycles. The first-order valence-corrected chi connectivity index (χ1v) is 14.4. The number of piperazine rings is 1. The fourth-order valence-electron chi connectivity index (χ4n) is 5.25. The summed E-state index contributed by atoms with van der Waals surface area (Å²) in [5, 5.41) is 21.6. The zero-order valence-corrected chi connectivity index (χ0v) is 25.7. The molecule has 11 nitrogen and oxygen atoms in total. The normalized spacial score (nSPS) is 14.2. The van der Waals surface area contributed by atoms with E-state index < -0.39 is 28.7 Å². The first kappa shape index (κ1) is 32.0. The van der Waals surface area contributed by atoms with Gasteiger partial charge in [0, 0.05) is 38.8 Å². The third kappa shape index (κ3) is 6.52. The predicted molar refractivity (Wildman–Crippen MR) is 163 cm³/mol. The van der Waals surface area contributed by atoms with Crippen LogP contribution in [0.2, 0.25) is 5.02 Å². The average molecular weight is 646 g/mol. The number of aliphatic hydroxyl groups is 1. The molecule has 2 N–H and O–H groups in total. The van der Waals surface area contributed by atoms with E-state index in [9.17, 15) is 32.7 Å². The molecule has 0 spiro atoms. The third-order valence-corrected chi connectivity index (χ3v) is 8.06. The lowest BCUT2D eigenvalue weighted by Crippen LogP contribution is -2.49. The van der Waals surface area contributed by atoms with Gasteiger partial charge in [-0.1, -0.05) is 23.7 Å². The number of nitrogens with zero attached hydrogens (tertiary/aromatic N) is 6. The molecular formula is C30H31ClF3N7O4. The minimum atomic E-state index is -4.60. The monoisotopic (exact) mass is 645 g/mol. The minimum Gasteiger partial charge on any atom is -0.386 e. The Bertz CT molecular complexity index is 1840. The van der Waals surface area contributed by atoms with Crippen LogP contribution in [-0.2, 0) is 27.9 Å². The SMILES string of the molecule is CC(=O)N1CCN(c2c(C)n(CC(=O)Nc3ccc(C(F)(F)F)cc3Cl)c3nn(-c4ccc(C(C)(C)O)cc4)nc3c2=O)CC1. The highest BCUT2D eigenvalue weighted by Crippen LogP contribution is 2.34. The Labute approximate surface area is 260 Å². The van der Waals surface area contributed by atoms with Gasteiger partial charge in [-0.15, -0.1) is 15.0 Å². The van der Waals surface area contributed by atoms with Crippen LogP contribution in [0.3, 0.4) is 0 Å². The van der Waals surface area contributed by atoms with Crippen LogP contribution in [0.25, 0.3) is 16.9 Å². The van der Waals surface area contributed by atoms with E-state index in [1.54, 1.807) is 49.9 Å². The number of pyridine rings is 1. The van der Waals surface area contributed by atoms with Crippen LogP contribution >= 0.6 is 11.6 Å². The number of alkyl halides is 3. The molecule has 2 aromatic heterocycles. The van der Waals surface area contributed by atoms with Gasteiger partial charge in [0.2, 0.25) is 17.2 Å². The van der Waals surface area contributed by atoms with Crippen LogP contribution in [0.4, 0.5) is 24.5 Å². The number of amides is 2. The summed E-state index contributed by atoms with van der Waals surface area (Å²) in [5.74, 6) is -0.697. The predicted octanol–water partition coefficient (Wildman–Crippen LogP) is 4.10. The van der Waals surface area contributed by atoms with Crippen molar-refractivity contribution in [2.45, 2.75) is 46.0 Å². The summed E-state index contributed by atoms with van der Waals surface area (Å²) in [6.45, 7) is 7.64. The van der Waals surface area contributed by atoms with Gasteiger partial charge in [0.15, 0.2) is 11.2 Å². The Morgan fingerprint density at radius 1 is 1.00 bits per heavy atom. The van der Waals surface area contributed by atoms with Crippen molar-refractivity contribution in [3.8, 4) is 5.69 Å². The average Bonchev–Trinajstić information content (AvgIpc) is 3.42. The third-order valence-electron chi connectivity index (χ3n) is 7.75. The van der Waals surface area contributed by atoms with E-state index in [0.29, 0.717) is 48.8 Å². The van der Waals surface area contributed by atoms with Crippen molar-refractivity contribution in [2.24, 2.45) is 0 Å². The standard InChI is InChI=1S/C30H31ClF3N7O4/c1-17-26(39-13-11-38(12-14-39)18(2)42)27(44)25-28(37-41(36-25)21-8-5-19(6-9-21)29(3,4)45)40(17)16-24(43)35-23-10-7-20(15-22(23)31)30(32,33)34/h5-10,15,45H,11-14,16H2,1-4H3,(H,35,43). The van der Waals surface area contributed by atoms with Crippen LogP contribution in [0, 0.1) is 6.92 Å². The number of hydrogen-bond acceptors (Lipinski definition) is 7. The molecule has 0 unspecified atom stereocenters. The number of carbonyl (C=O) groups excluding carboxylic acids is 2. The summed E-state index contributed by atoms with van der Waals surface area (Å²) in [4.78, 5) is 43.8. The molecular weight excluding hydrogens is 615 g/mol. The van der Waals surface area contributed by atoms with Crippen molar-refractivity contribution in [3.05, 3.63) is 74.5 Å². The lowest BCUT2D eigenvalue weighted by Gasteiger charge is -2.36. The van der Waals surface area contributed by atoms with E-state index in [0.717, 1.165) is 18.2 Å². The maximum atomic E-state index is 13.9. The highest BCUT2D eigenvalue weighted by Gasteiger charge is 2.31. The smallest absolute Gasteiger partial charge is 0.386 e. The van der Waals surface area contributed by atoms with E-state index in [-0.39, 0.29) is 34.3 Å². The lowest BCUT2D eigenvalue weighted by atomic mass is 9.98. The molecule has 1 aliphatic heterocycles. The molecule has 1 saturated heterocycles. The van der Waals surface area contributed by atoms with Crippen LogP contribution < -0.4 is 15.6 Å². The molecule has 45 heavy (non-hydrogen) atoms. The fourth-order valence-corrected chi connectivity index (χ4v) is 5.47. The molecule has 15 heteroatoms. The topological polar surface area (TPSA) is 126 Å². The maximum absolute atomic E-state index is 13.9. The summed E-state index contributed by atoms with van der Waals surface area (Å²) < 4.78 is 40.8. The zero-order chi connectivity index (χ0) is 32.8. The van der Waals surface area contributed by atoms with E-state index >= 15 is 0 Å². The highest BCUT2D eigenvalue weighted by atomic mass is 35.5. The second kappa shape index (κ2) is 11.8. The van der Waals surface area contributed by atoms with Gasteiger partial charge < -0.3 is 24.8 Å². The Morgan fingerprint density at radius 2 is 1.62 bits per heavy atom. The van der Waals surface area contributed by atoms with Crippen molar-refractivity contribution in [3.63, 3.8) is 0 Å². The summed E-state index contributed by atoms with van der Waals surface area (Å²) >= 11 is 6.06. The summed E-state index contributed by atoms with van der Waals surface area (Å²) in [6.07, 6.45) is -4.60. The second-order valence-electron chi connectivity index (χ2n) is 11.4. The first-order valence-electron chi connectivity index (χ1n) is 14.1. The number of anilines is 2. The number of benzene rings is 2. The van der Waals surface area contributed by atoms with Crippen molar-refractivity contribution in [2.75, 3.05) is 36.4 Å². The van der Waals surface area contributed by atoms with E-state index in [1.807, 2.05) is 4.90 Å². The van der Waals surface area contributed by atoms with Crippen molar-refractivity contribution < 1.29 is 27.9 Å². The van der Waals surface area contributed by atoms with Gasteiger partial charge in [-0.2, -0.15) is 13.2 Å². The van der Waals surface area contributed by atoms with Crippen LogP contribution in [0.5, 0.6) is 0 Å². The van der Waals surface area contributed by atoms with Gasteiger partial charge in [0.25, 0.3) is 0 Å². The van der Waals surface area contributed by atoms with Gasteiger partial charge in [-0.25, -0.2) is 0 Å². The van der Waals surface area contributed by atoms with Gasteiger partial charge >= 0.3 is 6.18 Å². The molecule has 2 aromatic carbocycles. The fraction of sp³-hybridized carbons (Fsp3) is 0.367. The molecule has 0 atom stereocenters. The summed E-state index contributed by atoms with van der Waals surface area (Å²) in [7, 11) is 0. The van der Waals surface area contributed by atoms with Crippen molar-refractivity contribution in [1.82, 2.24) is 24.5 Å². The lowest BCUT2D eigenvalue weighted by molar-refractivity contribution is -0.137. The number of carbonyl (C=O) groups is 2. The van der Waals surface area contributed by atoms with Crippen molar-refractivity contribution in [1.29, 1.82) is 0 Å². The number of hydrogen-bond donors (Lipinski definition) is 2. The molecule has 5 rings (SSSR count). The Kier molecular flexibility index (Phi) is 8.40. The highest BCUT2D eigenvalue weighted by molar-refractivity contribution is 6.33. The molecule has 0 bridgehead atoms. The summed E-state index contributed by atoms with van der Waals surface area (Å²) in [6, 6.07) is 9.42. The van der Waals surface area contributed by atoms with Crippen LogP contribution in [0.15, 0.2) is 47.3 Å². The number of nitrogens with one attached hydrogen (secondary N) is 1. The number of halogens is 4. The van der Waals surface area contributed by atoms with E-state index in [2.05, 4.69) is 15.5 Å². The van der Waals surface area contributed by atoms with Crippen LogP contribution in [0.1, 0.15) is 37.6 Å². The first-order chi connectivity index (χ1) is 21.0. The molecule has 0 saturated carbocycles. The molecule has 1 aliphatic rings. The molecule has 2 amide bonds. The zero-order valence-electron chi connectivity index (χ0n) is 24.9. The number of fused-ring (bicyclic) bond motifs is 1. The largest absolute Gasteiger partial charge is 0.416 e. The molecule has 1 fully saturated rings. The van der Waals surface area contributed by atoms with Gasteiger partial charge in [-0.05, 0) is 56.7 Å². The number of rotatable bonds is 6. The minimum absolute atomic E-state index is 0.00322. The van der Waals surface area contributed by atoms with E-state index in [4.69, 9.17) is 11.6 Å². The molecule has 238 valence electrons. The molecule has 0 aliphatic carbocycles. The van der Waals surface area contributed by atoms with Gasteiger partial charge in [0.1, 0.15) is 12.2 Å². The summed E-state index contributed by atoms with van der Waals surface area (Å²) in [5.41, 5.74) is -0.457. The molecule has 4 aromatic rings. The maximum Gasteiger partial charge on any atom is 0.416 e. The van der Waals surface area contributed by atoms with Crippen molar-refractivity contribution >= 4 is 46.0 Å². The Morgan fingerprint density at radius 3 is 2.18 bits per heavy atom. The van der Waals surface area contributed by atoms with Gasteiger partial charge in [-0.3, -0.25) is 14.4 Å². The quantitative estimate of drug-likeness (QED) is 0.324. The van der Waals surface area contributed by atoms with Crippen LogP contribution in [-0.4, -0.2) is 67.6 Å². The second-order valence-corrected chi connectivity index (χ2v) is 11.8. The number of aromatic nitrogens is 4. The Hall–Kier alpha value is -4.43.